The summed E-state index contributed by atoms with van der Waals surface area (Å²) in [5.74, 6) is -0.871. The highest BCUT2D eigenvalue weighted by Crippen LogP contribution is 2.45. The Morgan fingerprint density at radius 2 is 1.94 bits per heavy atom. The zero-order valence-corrected chi connectivity index (χ0v) is 11.1. The summed E-state index contributed by atoms with van der Waals surface area (Å²) in [5, 5.41) is 10.7. The highest BCUT2D eigenvalue weighted by atomic mass is 19.1. The minimum absolute atomic E-state index is 0.132. The Morgan fingerprint density at radius 3 is 2.56 bits per heavy atom. The van der Waals surface area contributed by atoms with E-state index in [2.05, 4.69) is 6.92 Å². The summed E-state index contributed by atoms with van der Waals surface area (Å²) < 4.78 is 28.1. The molecule has 0 aromatic heterocycles. The number of rotatable bonds is 1. The number of benzene rings is 1. The van der Waals surface area contributed by atoms with Gasteiger partial charge in [0.15, 0.2) is 0 Å². The maximum absolute atomic E-state index is 14.2. The van der Waals surface area contributed by atoms with Crippen LogP contribution in [0.4, 0.5) is 8.78 Å². The van der Waals surface area contributed by atoms with Gasteiger partial charge in [-0.15, -0.1) is 0 Å². The van der Waals surface area contributed by atoms with Gasteiger partial charge in [0.25, 0.3) is 0 Å². The Morgan fingerprint density at radius 1 is 1.28 bits per heavy atom. The fourth-order valence-corrected chi connectivity index (χ4v) is 3.05. The number of aliphatic hydroxyl groups is 1. The Hall–Kier alpha value is -0.960. The first kappa shape index (κ1) is 13.5. The van der Waals surface area contributed by atoms with Gasteiger partial charge in [-0.1, -0.05) is 19.9 Å². The van der Waals surface area contributed by atoms with E-state index < -0.39 is 17.2 Å². The van der Waals surface area contributed by atoms with Gasteiger partial charge in [-0.25, -0.2) is 8.78 Å². The summed E-state index contributed by atoms with van der Waals surface area (Å²) in [6, 6.07) is 2.66. The molecule has 1 aliphatic carbocycles. The normalized spacial score (nSPS) is 32.6. The third-order valence-electron chi connectivity index (χ3n) is 4.31. The van der Waals surface area contributed by atoms with Crippen molar-refractivity contribution in [3.63, 3.8) is 0 Å². The summed E-state index contributed by atoms with van der Waals surface area (Å²) in [6.07, 6.45) is 2.02. The second kappa shape index (κ2) is 4.61. The second-order valence-corrected chi connectivity index (χ2v) is 5.76. The molecule has 0 heterocycles. The molecule has 2 rings (SSSR count). The van der Waals surface area contributed by atoms with E-state index in [0.29, 0.717) is 17.9 Å². The summed E-state index contributed by atoms with van der Waals surface area (Å²) in [7, 11) is 0. The fourth-order valence-electron chi connectivity index (χ4n) is 3.05. The first-order valence-corrected chi connectivity index (χ1v) is 6.53. The first-order chi connectivity index (χ1) is 8.36. The number of halogens is 2. The standard InChI is InChI=1S/C15H20F2O/c1-9-6-7-15(18,11(3)8-9)13-12(16)5-4-10(2)14(13)17/h4-5,9,11,18H,6-8H2,1-3H3. The van der Waals surface area contributed by atoms with Crippen molar-refractivity contribution >= 4 is 0 Å². The third-order valence-corrected chi connectivity index (χ3v) is 4.31. The summed E-state index contributed by atoms with van der Waals surface area (Å²) in [6.45, 7) is 5.58. The zero-order chi connectivity index (χ0) is 13.5. The van der Waals surface area contributed by atoms with Crippen LogP contribution in [0.25, 0.3) is 0 Å². The number of hydrogen-bond donors (Lipinski definition) is 1. The Balaban J connectivity index is 2.50. The highest BCUT2D eigenvalue weighted by molar-refractivity contribution is 5.32. The maximum Gasteiger partial charge on any atom is 0.135 e. The van der Waals surface area contributed by atoms with Gasteiger partial charge in [0, 0.05) is 0 Å². The maximum atomic E-state index is 14.2. The molecule has 100 valence electrons. The topological polar surface area (TPSA) is 20.2 Å². The van der Waals surface area contributed by atoms with Gasteiger partial charge < -0.3 is 5.11 Å². The molecule has 0 bridgehead atoms. The molecule has 18 heavy (non-hydrogen) atoms. The molecule has 0 aliphatic heterocycles. The monoisotopic (exact) mass is 254 g/mol. The van der Waals surface area contributed by atoms with Crippen LogP contribution in [-0.4, -0.2) is 5.11 Å². The summed E-state index contributed by atoms with van der Waals surface area (Å²) in [4.78, 5) is 0. The van der Waals surface area contributed by atoms with E-state index in [1.807, 2.05) is 6.92 Å². The van der Waals surface area contributed by atoms with Crippen molar-refractivity contribution < 1.29 is 13.9 Å². The van der Waals surface area contributed by atoms with E-state index in [9.17, 15) is 13.9 Å². The quantitative estimate of drug-likeness (QED) is 0.805. The Bertz CT molecular complexity index is 458. The molecule has 3 unspecified atom stereocenters. The van der Waals surface area contributed by atoms with Crippen LogP contribution in [0.2, 0.25) is 0 Å². The van der Waals surface area contributed by atoms with E-state index in [1.165, 1.54) is 12.1 Å². The van der Waals surface area contributed by atoms with E-state index >= 15 is 0 Å². The van der Waals surface area contributed by atoms with Crippen LogP contribution in [0, 0.1) is 30.4 Å². The molecular weight excluding hydrogens is 234 g/mol. The van der Waals surface area contributed by atoms with Gasteiger partial charge in [-0.2, -0.15) is 0 Å². The molecule has 0 saturated heterocycles. The minimum atomic E-state index is -1.37. The predicted octanol–water partition coefficient (Wildman–Crippen LogP) is 3.92. The van der Waals surface area contributed by atoms with Crippen molar-refractivity contribution in [3.8, 4) is 0 Å². The molecule has 0 spiro atoms. The molecule has 1 saturated carbocycles. The molecule has 0 radical (unpaired) electrons. The van der Waals surface area contributed by atoms with Crippen molar-refractivity contribution in [1.82, 2.24) is 0 Å². The van der Waals surface area contributed by atoms with Gasteiger partial charge in [0.1, 0.15) is 11.6 Å². The Kier molecular flexibility index (Phi) is 3.45. The molecule has 1 N–H and O–H groups in total. The largest absolute Gasteiger partial charge is 0.385 e. The van der Waals surface area contributed by atoms with Crippen LogP contribution in [-0.2, 0) is 5.60 Å². The fraction of sp³-hybridized carbons (Fsp3) is 0.600. The summed E-state index contributed by atoms with van der Waals surface area (Å²) >= 11 is 0. The second-order valence-electron chi connectivity index (χ2n) is 5.76. The molecule has 1 aliphatic rings. The lowest BCUT2D eigenvalue weighted by Gasteiger charge is -2.41. The highest BCUT2D eigenvalue weighted by Gasteiger charge is 2.43. The predicted molar refractivity (Wildman–Crippen MR) is 67.2 cm³/mol. The van der Waals surface area contributed by atoms with Crippen LogP contribution >= 0.6 is 0 Å². The van der Waals surface area contributed by atoms with Crippen molar-refractivity contribution in [1.29, 1.82) is 0 Å². The molecule has 0 amide bonds. The molecule has 1 aromatic carbocycles. The molecule has 3 atom stereocenters. The average Bonchev–Trinajstić information content (AvgIpc) is 2.30. The molecule has 3 heteroatoms. The average molecular weight is 254 g/mol. The molecule has 1 nitrogen and oxygen atoms in total. The lowest BCUT2D eigenvalue weighted by Crippen LogP contribution is -2.40. The van der Waals surface area contributed by atoms with Crippen LogP contribution < -0.4 is 0 Å². The first-order valence-electron chi connectivity index (χ1n) is 6.53. The van der Waals surface area contributed by atoms with Gasteiger partial charge in [-0.3, -0.25) is 0 Å². The van der Waals surface area contributed by atoms with Crippen molar-refractivity contribution in [2.45, 2.75) is 45.6 Å². The van der Waals surface area contributed by atoms with Crippen molar-refractivity contribution in [2.24, 2.45) is 11.8 Å². The molecule has 1 aromatic rings. The van der Waals surface area contributed by atoms with Crippen LogP contribution in [0.15, 0.2) is 12.1 Å². The van der Waals surface area contributed by atoms with Crippen molar-refractivity contribution in [2.75, 3.05) is 0 Å². The SMILES string of the molecule is Cc1ccc(F)c(C2(O)CCC(C)CC2C)c1F. The van der Waals surface area contributed by atoms with E-state index in [-0.39, 0.29) is 11.5 Å². The van der Waals surface area contributed by atoms with Gasteiger partial charge in [0.05, 0.1) is 11.2 Å². The van der Waals surface area contributed by atoms with Gasteiger partial charge in [0.2, 0.25) is 0 Å². The lowest BCUT2D eigenvalue weighted by atomic mass is 9.68. The van der Waals surface area contributed by atoms with Gasteiger partial charge >= 0.3 is 0 Å². The van der Waals surface area contributed by atoms with Crippen molar-refractivity contribution in [3.05, 3.63) is 34.9 Å². The molecule has 1 fully saturated rings. The lowest BCUT2D eigenvalue weighted by molar-refractivity contribution is -0.0639. The minimum Gasteiger partial charge on any atom is -0.385 e. The molecular formula is C15H20F2O. The third kappa shape index (κ3) is 2.05. The summed E-state index contributed by atoms with van der Waals surface area (Å²) in [5.41, 5.74) is -1.13. The Labute approximate surface area is 107 Å². The number of aryl methyl sites for hydroxylation is 1. The van der Waals surface area contributed by atoms with Gasteiger partial charge in [-0.05, 0) is 49.7 Å². The van der Waals surface area contributed by atoms with E-state index in [1.54, 1.807) is 6.92 Å². The van der Waals surface area contributed by atoms with E-state index in [0.717, 1.165) is 12.8 Å². The van der Waals surface area contributed by atoms with Crippen LogP contribution in [0.3, 0.4) is 0 Å². The van der Waals surface area contributed by atoms with Crippen LogP contribution in [0.5, 0.6) is 0 Å². The smallest absolute Gasteiger partial charge is 0.135 e. The van der Waals surface area contributed by atoms with Crippen LogP contribution in [0.1, 0.15) is 44.2 Å². The number of hydrogen-bond acceptors (Lipinski definition) is 1. The van der Waals surface area contributed by atoms with E-state index in [4.69, 9.17) is 0 Å². The zero-order valence-electron chi connectivity index (χ0n) is 11.1.